The molecular formula is C19H18ClN5O2. The van der Waals surface area contributed by atoms with Gasteiger partial charge in [-0.1, -0.05) is 35.9 Å². The van der Waals surface area contributed by atoms with Gasteiger partial charge in [-0.2, -0.15) is 4.98 Å². The minimum atomic E-state index is -0.396. The van der Waals surface area contributed by atoms with Gasteiger partial charge in [0, 0.05) is 25.5 Å². The molecule has 0 radical (unpaired) electrons. The van der Waals surface area contributed by atoms with Crippen molar-refractivity contribution in [3.05, 3.63) is 74.2 Å². The van der Waals surface area contributed by atoms with Crippen LogP contribution in [0.5, 0.6) is 0 Å². The van der Waals surface area contributed by atoms with Gasteiger partial charge in [0.2, 0.25) is 5.78 Å². The van der Waals surface area contributed by atoms with E-state index in [0.717, 1.165) is 11.4 Å². The highest BCUT2D eigenvalue weighted by Gasteiger charge is 2.21. The lowest BCUT2D eigenvalue weighted by molar-refractivity contribution is 0.666. The van der Waals surface area contributed by atoms with Crippen LogP contribution in [0.3, 0.4) is 0 Å². The van der Waals surface area contributed by atoms with E-state index in [1.54, 1.807) is 29.7 Å². The Kier molecular flexibility index (Phi) is 4.04. The van der Waals surface area contributed by atoms with Crippen LogP contribution in [0.25, 0.3) is 22.6 Å². The third-order valence-corrected chi connectivity index (χ3v) is 4.96. The molecule has 0 aliphatic rings. The highest BCUT2D eigenvalue weighted by molar-refractivity contribution is 6.32. The van der Waals surface area contributed by atoms with Gasteiger partial charge in [-0.3, -0.25) is 22.9 Å². The average Bonchev–Trinajstić information content (AvgIpc) is 3.15. The van der Waals surface area contributed by atoms with Crippen LogP contribution in [0.1, 0.15) is 12.6 Å². The molecule has 0 bridgehead atoms. The Labute approximate surface area is 159 Å². The van der Waals surface area contributed by atoms with Gasteiger partial charge < -0.3 is 0 Å². The van der Waals surface area contributed by atoms with Crippen molar-refractivity contribution in [1.29, 1.82) is 0 Å². The molecule has 0 spiro atoms. The zero-order chi connectivity index (χ0) is 19.3. The SMILES string of the molecule is C/C=C\Cn1c(=O)c2c(nc3n(-c4ccccc4Cl)c(C)cn23)n(C)c1=O. The quantitative estimate of drug-likeness (QED) is 0.511. The van der Waals surface area contributed by atoms with Crippen LogP contribution in [-0.2, 0) is 13.6 Å². The smallest absolute Gasteiger partial charge is 0.281 e. The number of para-hydroxylation sites is 1. The number of hydrogen-bond acceptors (Lipinski definition) is 3. The number of hydrogen-bond donors (Lipinski definition) is 0. The number of nitrogens with zero attached hydrogens (tertiary/aromatic N) is 5. The molecule has 138 valence electrons. The zero-order valence-corrected chi connectivity index (χ0v) is 15.9. The fourth-order valence-corrected chi connectivity index (χ4v) is 3.53. The van der Waals surface area contributed by atoms with Gasteiger partial charge in [0.25, 0.3) is 5.56 Å². The van der Waals surface area contributed by atoms with Crippen LogP contribution in [0.4, 0.5) is 0 Å². The number of aromatic nitrogens is 5. The number of aryl methyl sites for hydroxylation is 2. The highest BCUT2D eigenvalue weighted by atomic mass is 35.5. The number of benzene rings is 1. The maximum absolute atomic E-state index is 13.0. The summed E-state index contributed by atoms with van der Waals surface area (Å²) in [7, 11) is 1.62. The molecule has 0 saturated heterocycles. The molecular weight excluding hydrogens is 366 g/mol. The van der Waals surface area contributed by atoms with Crippen molar-refractivity contribution >= 4 is 28.5 Å². The summed E-state index contributed by atoms with van der Waals surface area (Å²) in [6.07, 6.45) is 5.41. The molecule has 7 nitrogen and oxygen atoms in total. The maximum atomic E-state index is 13.0. The average molecular weight is 384 g/mol. The Morgan fingerprint density at radius 3 is 2.67 bits per heavy atom. The van der Waals surface area contributed by atoms with E-state index in [1.807, 2.05) is 42.8 Å². The minimum Gasteiger partial charge on any atom is -0.281 e. The summed E-state index contributed by atoms with van der Waals surface area (Å²) in [6, 6.07) is 7.43. The topological polar surface area (TPSA) is 66.2 Å². The number of halogens is 1. The van der Waals surface area contributed by atoms with Crippen LogP contribution < -0.4 is 11.2 Å². The van der Waals surface area contributed by atoms with Gasteiger partial charge in [0.1, 0.15) is 0 Å². The first-order valence-electron chi connectivity index (χ1n) is 8.51. The standard InChI is InChI=1S/C19H18ClN5O2/c1-4-5-10-23-17(26)15-16(22(3)19(23)27)21-18-24(15)11-12(2)25(18)14-9-7-6-8-13(14)20/h4-9,11H,10H2,1-3H3/b5-4-. The second-order valence-corrected chi connectivity index (χ2v) is 6.74. The van der Waals surface area contributed by atoms with Crippen molar-refractivity contribution < 1.29 is 0 Å². The predicted octanol–water partition coefficient (Wildman–Crippen LogP) is 2.68. The second kappa shape index (κ2) is 6.28. The molecule has 3 aromatic heterocycles. The molecule has 4 aromatic rings. The Morgan fingerprint density at radius 2 is 1.96 bits per heavy atom. The Hall–Kier alpha value is -3.06. The first kappa shape index (κ1) is 17.4. The summed E-state index contributed by atoms with van der Waals surface area (Å²) in [6.45, 7) is 3.98. The van der Waals surface area contributed by atoms with Crippen LogP contribution in [0, 0.1) is 6.92 Å². The molecule has 0 fully saturated rings. The molecule has 1 aromatic carbocycles. The lowest BCUT2D eigenvalue weighted by Crippen LogP contribution is -2.39. The van der Waals surface area contributed by atoms with Crippen molar-refractivity contribution in [3.63, 3.8) is 0 Å². The Bertz CT molecular complexity index is 1340. The van der Waals surface area contributed by atoms with E-state index in [9.17, 15) is 9.59 Å². The number of imidazole rings is 2. The summed E-state index contributed by atoms with van der Waals surface area (Å²) >= 11 is 6.37. The minimum absolute atomic E-state index is 0.218. The molecule has 27 heavy (non-hydrogen) atoms. The predicted molar refractivity (Wildman–Crippen MR) is 106 cm³/mol. The van der Waals surface area contributed by atoms with Gasteiger partial charge in [-0.05, 0) is 26.0 Å². The monoisotopic (exact) mass is 383 g/mol. The van der Waals surface area contributed by atoms with Crippen molar-refractivity contribution in [2.24, 2.45) is 7.05 Å². The van der Waals surface area contributed by atoms with Crippen LogP contribution >= 0.6 is 11.6 Å². The summed E-state index contributed by atoms with van der Waals surface area (Å²) in [4.78, 5) is 30.2. The van der Waals surface area contributed by atoms with Crippen LogP contribution in [-0.4, -0.2) is 23.1 Å². The summed E-state index contributed by atoms with van der Waals surface area (Å²) in [5, 5.41) is 0.574. The molecule has 0 saturated carbocycles. The van der Waals surface area contributed by atoms with E-state index in [-0.39, 0.29) is 12.1 Å². The molecule has 0 atom stereocenters. The fraction of sp³-hybridized carbons (Fsp3) is 0.211. The zero-order valence-electron chi connectivity index (χ0n) is 15.2. The van der Waals surface area contributed by atoms with Gasteiger partial charge in [-0.25, -0.2) is 4.79 Å². The molecule has 4 rings (SSSR count). The Morgan fingerprint density at radius 1 is 1.22 bits per heavy atom. The van der Waals surface area contributed by atoms with Gasteiger partial charge in [0.15, 0.2) is 11.2 Å². The third kappa shape index (κ3) is 2.46. The number of allylic oxidation sites excluding steroid dienone is 2. The first-order chi connectivity index (χ1) is 13.0. The lowest BCUT2D eigenvalue weighted by atomic mass is 10.3. The van der Waals surface area contributed by atoms with Crippen molar-refractivity contribution in [2.45, 2.75) is 20.4 Å². The molecule has 0 aliphatic carbocycles. The fourth-order valence-electron chi connectivity index (χ4n) is 3.31. The van der Waals surface area contributed by atoms with Gasteiger partial charge in [0.05, 0.1) is 10.7 Å². The summed E-state index contributed by atoms with van der Waals surface area (Å²) in [5.74, 6) is 0.534. The van der Waals surface area contributed by atoms with E-state index in [4.69, 9.17) is 11.6 Å². The number of rotatable bonds is 3. The van der Waals surface area contributed by atoms with E-state index in [2.05, 4.69) is 4.98 Å². The summed E-state index contributed by atoms with van der Waals surface area (Å²) < 4.78 is 6.21. The molecule has 0 unspecified atom stereocenters. The molecule has 0 amide bonds. The van der Waals surface area contributed by atoms with Crippen molar-refractivity contribution in [3.8, 4) is 5.69 Å². The number of fused-ring (bicyclic) bond motifs is 3. The van der Waals surface area contributed by atoms with E-state index < -0.39 is 5.69 Å². The normalized spacial score (nSPS) is 12.0. The van der Waals surface area contributed by atoms with E-state index in [0.29, 0.717) is 22.0 Å². The van der Waals surface area contributed by atoms with Gasteiger partial charge >= 0.3 is 5.69 Å². The largest absolute Gasteiger partial charge is 0.332 e. The molecule has 0 aliphatic heterocycles. The first-order valence-corrected chi connectivity index (χ1v) is 8.89. The van der Waals surface area contributed by atoms with Crippen molar-refractivity contribution in [1.82, 2.24) is 23.1 Å². The van der Waals surface area contributed by atoms with E-state index >= 15 is 0 Å². The highest BCUT2D eigenvalue weighted by Crippen LogP contribution is 2.25. The van der Waals surface area contributed by atoms with Crippen LogP contribution in [0.15, 0.2) is 52.2 Å². The third-order valence-electron chi connectivity index (χ3n) is 4.64. The molecule has 0 N–H and O–H groups in total. The van der Waals surface area contributed by atoms with E-state index in [1.165, 1.54) is 9.13 Å². The van der Waals surface area contributed by atoms with Crippen LogP contribution in [0.2, 0.25) is 5.02 Å². The Balaban J connectivity index is 2.14. The van der Waals surface area contributed by atoms with Gasteiger partial charge in [-0.15, -0.1) is 0 Å². The summed E-state index contributed by atoms with van der Waals surface area (Å²) in [5.41, 5.74) is 1.59. The molecule has 8 heteroatoms. The second-order valence-electron chi connectivity index (χ2n) is 6.34. The molecule has 3 heterocycles. The maximum Gasteiger partial charge on any atom is 0.332 e. The lowest BCUT2D eigenvalue weighted by Gasteiger charge is -2.07. The van der Waals surface area contributed by atoms with Crippen molar-refractivity contribution in [2.75, 3.05) is 0 Å².